The van der Waals surface area contributed by atoms with E-state index in [0.29, 0.717) is 16.1 Å². The number of aromatic nitrogens is 2. The average molecular weight is 447 g/mol. The van der Waals surface area contributed by atoms with E-state index in [1.807, 2.05) is 0 Å². The number of carbonyl (C=O) groups is 2. The highest BCUT2D eigenvalue weighted by molar-refractivity contribution is 8.14. The summed E-state index contributed by atoms with van der Waals surface area (Å²) in [4.78, 5) is 28.1. The van der Waals surface area contributed by atoms with Gasteiger partial charge in [0.05, 0.1) is 23.4 Å². The molecule has 13 heteroatoms. The Morgan fingerprint density at radius 3 is 2.68 bits per heavy atom. The van der Waals surface area contributed by atoms with Gasteiger partial charge in [-0.05, 0) is 12.1 Å². The fourth-order valence-corrected chi connectivity index (χ4v) is 4.40. The van der Waals surface area contributed by atoms with Gasteiger partial charge in [0.15, 0.2) is 9.51 Å². The zero-order valence-corrected chi connectivity index (χ0v) is 16.4. The van der Waals surface area contributed by atoms with E-state index in [2.05, 4.69) is 25.8 Å². The van der Waals surface area contributed by atoms with Crippen LogP contribution in [0.3, 0.4) is 0 Å². The van der Waals surface area contributed by atoms with E-state index >= 15 is 0 Å². The Balaban J connectivity index is 1.57. The highest BCUT2D eigenvalue weighted by Gasteiger charge is 2.35. The molecule has 0 aliphatic carbocycles. The number of nitrogens with one attached hydrogen (secondary N) is 2. The third-order valence-electron chi connectivity index (χ3n) is 3.26. The van der Waals surface area contributed by atoms with Crippen molar-refractivity contribution < 1.29 is 22.8 Å². The van der Waals surface area contributed by atoms with E-state index in [4.69, 9.17) is 0 Å². The third kappa shape index (κ3) is 5.45. The van der Waals surface area contributed by atoms with Crippen LogP contribution in [0.25, 0.3) is 0 Å². The number of amides is 2. The molecule has 1 aromatic carbocycles. The van der Waals surface area contributed by atoms with Crippen LogP contribution in [-0.4, -0.2) is 45.2 Å². The van der Waals surface area contributed by atoms with Crippen molar-refractivity contribution in [1.82, 2.24) is 15.5 Å². The second kappa shape index (κ2) is 8.92. The van der Waals surface area contributed by atoms with Gasteiger partial charge in [-0.3, -0.25) is 19.9 Å². The smallest absolute Gasteiger partial charge is 0.305 e. The highest BCUT2D eigenvalue weighted by Crippen LogP contribution is 2.32. The summed E-state index contributed by atoms with van der Waals surface area (Å²) < 4.78 is 39.4. The summed E-state index contributed by atoms with van der Waals surface area (Å²) >= 11 is 3.53. The van der Waals surface area contributed by atoms with Crippen molar-refractivity contribution in [3.8, 4) is 0 Å². The number of halogens is 3. The van der Waals surface area contributed by atoms with Gasteiger partial charge >= 0.3 is 6.18 Å². The van der Waals surface area contributed by atoms with Gasteiger partial charge in [-0.2, -0.15) is 13.2 Å². The molecule has 28 heavy (non-hydrogen) atoms. The van der Waals surface area contributed by atoms with Crippen molar-refractivity contribution in [2.24, 2.45) is 4.99 Å². The molecule has 0 fully saturated rings. The Morgan fingerprint density at radius 2 is 1.96 bits per heavy atom. The minimum atomic E-state index is -4.65. The molecule has 148 valence electrons. The number of hydrogen-bond acceptors (Lipinski definition) is 8. The maximum atomic E-state index is 13.0. The summed E-state index contributed by atoms with van der Waals surface area (Å²) in [5, 5.41) is 13.1. The lowest BCUT2D eigenvalue weighted by atomic mass is 10.1. The SMILES string of the molecule is O=C(CSc1nnc(NC(=O)c2ccccc2C(F)(F)F)s1)NC1=NCCS1. The number of rotatable bonds is 5. The predicted molar refractivity (Wildman–Crippen MR) is 103 cm³/mol. The van der Waals surface area contributed by atoms with Gasteiger partial charge in [0.25, 0.3) is 5.91 Å². The fraction of sp³-hybridized carbons (Fsp3) is 0.267. The summed E-state index contributed by atoms with van der Waals surface area (Å²) in [7, 11) is 0. The topological polar surface area (TPSA) is 96.3 Å². The van der Waals surface area contributed by atoms with E-state index < -0.39 is 23.2 Å². The number of benzene rings is 1. The Bertz CT molecular complexity index is 916. The first kappa shape index (κ1) is 20.6. The second-order valence-corrected chi connectivity index (χ2v) is 8.53. The molecule has 7 nitrogen and oxygen atoms in total. The van der Waals surface area contributed by atoms with Gasteiger partial charge in [-0.25, -0.2) is 0 Å². The van der Waals surface area contributed by atoms with Crippen LogP contribution in [0.1, 0.15) is 15.9 Å². The van der Waals surface area contributed by atoms with Crippen LogP contribution in [0.2, 0.25) is 0 Å². The maximum absolute atomic E-state index is 13.0. The van der Waals surface area contributed by atoms with Crippen LogP contribution in [0.5, 0.6) is 0 Å². The van der Waals surface area contributed by atoms with Crippen molar-refractivity contribution >= 4 is 57.0 Å². The third-order valence-corrected chi connectivity index (χ3v) is 6.13. The molecule has 2 heterocycles. The molecule has 0 bridgehead atoms. The van der Waals surface area contributed by atoms with Gasteiger partial charge in [-0.15, -0.1) is 10.2 Å². The zero-order valence-electron chi connectivity index (χ0n) is 13.9. The minimum absolute atomic E-state index is 0.0422. The van der Waals surface area contributed by atoms with Gasteiger partial charge in [0, 0.05) is 5.75 Å². The Kier molecular flexibility index (Phi) is 6.57. The molecule has 0 atom stereocenters. The standard InChI is InChI=1S/C15H12F3N5O2S3/c16-15(17,18)9-4-2-1-3-8(9)11(25)21-13-22-23-14(28-13)27-7-10(24)20-12-19-5-6-26-12/h1-4H,5-7H2,(H,19,20,24)(H,21,22,25). The summed E-state index contributed by atoms with van der Waals surface area (Å²) in [6.45, 7) is 0.671. The molecule has 0 saturated carbocycles. The summed E-state index contributed by atoms with van der Waals surface area (Å²) in [5.74, 6) is -0.286. The van der Waals surface area contributed by atoms with Gasteiger partial charge in [-0.1, -0.05) is 47.0 Å². The maximum Gasteiger partial charge on any atom is 0.417 e. The first-order valence-corrected chi connectivity index (χ1v) is 10.5. The zero-order chi connectivity index (χ0) is 20.1. The number of thioether (sulfide) groups is 2. The number of aliphatic imine (C=N–C) groups is 1. The molecule has 0 saturated heterocycles. The molecule has 0 spiro atoms. The molecule has 0 unspecified atom stereocenters. The lowest BCUT2D eigenvalue weighted by Gasteiger charge is -2.11. The Morgan fingerprint density at radius 1 is 1.18 bits per heavy atom. The average Bonchev–Trinajstić information content (AvgIpc) is 3.31. The van der Waals surface area contributed by atoms with E-state index in [1.54, 1.807) is 0 Å². The van der Waals surface area contributed by atoms with Crippen LogP contribution in [0.15, 0.2) is 33.6 Å². The molecule has 3 rings (SSSR count). The van der Waals surface area contributed by atoms with Gasteiger partial charge in [0.2, 0.25) is 11.0 Å². The summed E-state index contributed by atoms with van der Waals surface area (Å²) in [6.07, 6.45) is -4.65. The largest absolute Gasteiger partial charge is 0.417 e. The molecule has 2 aromatic rings. The lowest BCUT2D eigenvalue weighted by Crippen LogP contribution is -2.28. The van der Waals surface area contributed by atoms with Crippen LogP contribution < -0.4 is 10.6 Å². The first-order chi connectivity index (χ1) is 13.3. The molecule has 2 amide bonds. The molecular formula is C15H12F3N5O2S3. The number of nitrogens with zero attached hydrogens (tertiary/aromatic N) is 3. The second-order valence-electron chi connectivity index (χ2n) is 5.24. The molecule has 1 aromatic heterocycles. The van der Waals surface area contributed by atoms with Crippen LogP contribution in [0.4, 0.5) is 18.3 Å². The van der Waals surface area contributed by atoms with Gasteiger partial charge < -0.3 is 5.32 Å². The van der Waals surface area contributed by atoms with Crippen LogP contribution in [0, 0.1) is 0 Å². The minimum Gasteiger partial charge on any atom is -0.305 e. The molecule has 1 aliphatic rings. The highest BCUT2D eigenvalue weighted by atomic mass is 32.2. The molecule has 1 aliphatic heterocycles. The van der Waals surface area contributed by atoms with E-state index in [0.717, 1.165) is 41.0 Å². The van der Waals surface area contributed by atoms with Crippen LogP contribution in [-0.2, 0) is 11.0 Å². The van der Waals surface area contributed by atoms with Crippen molar-refractivity contribution in [2.45, 2.75) is 10.5 Å². The van der Waals surface area contributed by atoms with E-state index in [1.165, 1.54) is 23.9 Å². The number of carbonyl (C=O) groups excluding carboxylic acids is 2. The summed E-state index contributed by atoms with van der Waals surface area (Å²) in [5.41, 5.74) is -1.54. The quantitative estimate of drug-likeness (QED) is 0.540. The predicted octanol–water partition coefficient (Wildman–Crippen LogP) is 3.12. The lowest BCUT2D eigenvalue weighted by molar-refractivity contribution is -0.137. The Hall–Kier alpha value is -2.12. The van der Waals surface area contributed by atoms with Crippen molar-refractivity contribution in [1.29, 1.82) is 0 Å². The fourth-order valence-electron chi connectivity index (χ4n) is 2.10. The number of hydrogen-bond donors (Lipinski definition) is 2. The number of anilines is 1. The van der Waals surface area contributed by atoms with Crippen LogP contribution >= 0.6 is 34.9 Å². The molecule has 2 N–H and O–H groups in total. The first-order valence-electron chi connectivity index (χ1n) is 7.74. The number of alkyl halides is 3. The van der Waals surface area contributed by atoms with E-state index in [-0.39, 0.29) is 16.8 Å². The van der Waals surface area contributed by atoms with Gasteiger partial charge in [0.1, 0.15) is 0 Å². The summed E-state index contributed by atoms with van der Waals surface area (Å²) in [6, 6.07) is 4.47. The van der Waals surface area contributed by atoms with Crippen molar-refractivity contribution in [2.75, 3.05) is 23.4 Å². The van der Waals surface area contributed by atoms with Crippen molar-refractivity contribution in [3.63, 3.8) is 0 Å². The van der Waals surface area contributed by atoms with Crippen molar-refractivity contribution in [3.05, 3.63) is 35.4 Å². The molecular weight excluding hydrogens is 435 g/mol. The number of amidine groups is 1. The molecule has 0 radical (unpaired) electrons. The Labute approximate surface area is 169 Å². The monoisotopic (exact) mass is 447 g/mol. The normalized spacial score (nSPS) is 13.9. The van der Waals surface area contributed by atoms with E-state index in [9.17, 15) is 22.8 Å².